The molecule has 0 radical (unpaired) electrons. The normalized spacial score (nSPS) is 10.8. The van der Waals surface area contributed by atoms with E-state index in [1.807, 2.05) is 0 Å². The van der Waals surface area contributed by atoms with Crippen LogP contribution in [0, 0.1) is 25.1 Å². The summed E-state index contributed by atoms with van der Waals surface area (Å²) >= 11 is 0. The molecule has 0 aliphatic heterocycles. The van der Waals surface area contributed by atoms with Gasteiger partial charge in [0.2, 0.25) is 0 Å². The number of benzene rings is 1. The first-order chi connectivity index (χ1) is 12.5. The van der Waals surface area contributed by atoms with Crippen molar-refractivity contribution in [1.82, 2.24) is 5.32 Å². The van der Waals surface area contributed by atoms with Gasteiger partial charge in [0.15, 0.2) is 5.76 Å². The summed E-state index contributed by atoms with van der Waals surface area (Å²) in [5.74, 6) is -0.783. The van der Waals surface area contributed by atoms with Gasteiger partial charge in [0, 0.05) is 17.3 Å². The SMILES string of the molecule is C#Cc1cc(NC(=O)c2cc(C(=O)C(=O)NC(C)(C)C)oc2C)ccc1F. The Hall–Kier alpha value is -3.40. The predicted molar refractivity (Wildman–Crippen MR) is 98.0 cm³/mol. The number of hydrogen-bond donors (Lipinski definition) is 2. The monoisotopic (exact) mass is 370 g/mol. The number of carbonyl (C=O) groups is 3. The summed E-state index contributed by atoms with van der Waals surface area (Å²) in [5.41, 5.74) is -0.223. The van der Waals surface area contributed by atoms with Crippen LogP contribution in [0.2, 0.25) is 0 Å². The molecule has 1 heterocycles. The van der Waals surface area contributed by atoms with Gasteiger partial charge in [-0.15, -0.1) is 6.42 Å². The third-order valence-electron chi connectivity index (χ3n) is 3.46. The van der Waals surface area contributed by atoms with E-state index >= 15 is 0 Å². The molecule has 2 aromatic rings. The van der Waals surface area contributed by atoms with Crippen molar-refractivity contribution >= 4 is 23.3 Å². The van der Waals surface area contributed by atoms with Crippen LogP contribution in [0.4, 0.5) is 10.1 Å². The number of hydrogen-bond acceptors (Lipinski definition) is 4. The molecule has 0 saturated carbocycles. The average molecular weight is 370 g/mol. The van der Waals surface area contributed by atoms with E-state index in [4.69, 9.17) is 10.8 Å². The summed E-state index contributed by atoms with van der Waals surface area (Å²) in [5, 5.41) is 5.08. The number of amides is 2. The maximum absolute atomic E-state index is 13.4. The fraction of sp³-hybridized carbons (Fsp3) is 0.250. The summed E-state index contributed by atoms with van der Waals surface area (Å²) in [4.78, 5) is 36.6. The summed E-state index contributed by atoms with van der Waals surface area (Å²) < 4.78 is 18.7. The molecule has 2 N–H and O–H groups in total. The highest BCUT2D eigenvalue weighted by Crippen LogP contribution is 2.19. The van der Waals surface area contributed by atoms with E-state index in [0.29, 0.717) is 0 Å². The van der Waals surface area contributed by atoms with Crippen LogP contribution in [-0.2, 0) is 4.79 Å². The van der Waals surface area contributed by atoms with Gasteiger partial charge in [0.25, 0.3) is 17.6 Å². The van der Waals surface area contributed by atoms with Gasteiger partial charge >= 0.3 is 0 Å². The van der Waals surface area contributed by atoms with Crippen LogP contribution in [-0.4, -0.2) is 23.1 Å². The largest absolute Gasteiger partial charge is 0.457 e. The summed E-state index contributed by atoms with van der Waals surface area (Å²) in [6, 6.07) is 5.00. The van der Waals surface area contributed by atoms with E-state index in [2.05, 4.69) is 16.6 Å². The molecule has 2 amide bonds. The minimum atomic E-state index is -0.886. The molecule has 0 spiro atoms. The number of terminal acetylenes is 1. The lowest BCUT2D eigenvalue weighted by Crippen LogP contribution is -2.44. The molecular formula is C20H19FN2O4. The van der Waals surface area contributed by atoms with Crippen LogP contribution in [0.3, 0.4) is 0 Å². The highest BCUT2D eigenvalue weighted by atomic mass is 19.1. The first-order valence-corrected chi connectivity index (χ1v) is 8.06. The fourth-order valence-electron chi connectivity index (χ4n) is 2.24. The van der Waals surface area contributed by atoms with Crippen molar-refractivity contribution in [2.24, 2.45) is 0 Å². The van der Waals surface area contributed by atoms with Crippen LogP contribution < -0.4 is 10.6 Å². The van der Waals surface area contributed by atoms with Crippen LogP contribution in [0.1, 0.15) is 53.0 Å². The summed E-state index contributed by atoms with van der Waals surface area (Å²) in [7, 11) is 0. The number of halogens is 1. The molecule has 140 valence electrons. The number of carbonyl (C=O) groups excluding carboxylic acids is 3. The Balaban J connectivity index is 2.20. The van der Waals surface area contributed by atoms with E-state index < -0.39 is 29.0 Å². The second-order valence-corrected chi connectivity index (χ2v) is 6.91. The van der Waals surface area contributed by atoms with Crippen LogP contribution in [0.5, 0.6) is 0 Å². The Bertz CT molecular complexity index is 961. The lowest BCUT2D eigenvalue weighted by molar-refractivity contribution is -0.118. The molecule has 7 heteroatoms. The smallest absolute Gasteiger partial charge is 0.296 e. The third-order valence-corrected chi connectivity index (χ3v) is 3.46. The lowest BCUT2D eigenvalue weighted by atomic mass is 10.1. The topological polar surface area (TPSA) is 88.4 Å². The number of nitrogens with one attached hydrogen (secondary N) is 2. The maximum Gasteiger partial charge on any atom is 0.296 e. The number of rotatable bonds is 4. The van der Waals surface area contributed by atoms with Gasteiger partial charge in [-0.05, 0) is 45.9 Å². The predicted octanol–water partition coefficient (Wildman–Crippen LogP) is 3.06. The van der Waals surface area contributed by atoms with Gasteiger partial charge < -0.3 is 15.1 Å². The van der Waals surface area contributed by atoms with E-state index in [9.17, 15) is 18.8 Å². The van der Waals surface area contributed by atoms with Crippen molar-refractivity contribution in [2.45, 2.75) is 33.2 Å². The minimum absolute atomic E-state index is 0.00596. The van der Waals surface area contributed by atoms with Gasteiger partial charge in [-0.1, -0.05) is 5.92 Å². The number of furan rings is 1. The Kier molecular flexibility index (Phi) is 5.50. The summed E-state index contributed by atoms with van der Waals surface area (Å²) in [6.45, 7) is 6.69. The van der Waals surface area contributed by atoms with Crippen molar-refractivity contribution < 1.29 is 23.2 Å². The molecule has 2 rings (SSSR count). The number of aryl methyl sites for hydroxylation is 1. The van der Waals surface area contributed by atoms with Crippen LogP contribution in [0.15, 0.2) is 28.7 Å². The number of anilines is 1. The zero-order valence-electron chi connectivity index (χ0n) is 15.4. The highest BCUT2D eigenvalue weighted by Gasteiger charge is 2.26. The molecule has 0 atom stereocenters. The third kappa shape index (κ3) is 4.82. The van der Waals surface area contributed by atoms with Crippen molar-refractivity contribution in [3.05, 3.63) is 52.7 Å². The molecule has 6 nitrogen and oxygen atoms in total. The average Bonchev–Trinajstić information content (AvgIpc) is 2.96. The summed E-state index contributed by atoms with van der Waals surface area (Å²) in [6.07, 6.45) is 5.20. The zero-order valence-corrected chi connectivity index (χ0v) is 15.4. The van der Waals surface area contributed by atoms with Gasteiger partial charge in [-0.2, -0.15) is 0 Å². The molecule has 0 unspecified atom stereocenters. The van der Waals surface area contributed by atoms with E-state index in [1.165, 1.54) is 25.1 Å². The van der Waals surface area contributed by atoms with Gasteiger partial charge in [0.1, 0.15) is 11.6 Å². The maximum atomic E-state index is 13.4. The Morgan fingerprint density at radius 1 is 1.19 bits per heavy atom. The highest BCUT2D eigenvalue weighted by molar-refractivity contribution is 6.42. The molecule has 27 heavy (non-hydrogen) atoms. The van der Waals surface area contributed by atoms with Crippen molar-refractivity contribution in [2.75, 3.05) is 5.32 Å². The number of ketones is 1. The number of Topliss-reactive ketones (excluding diaryl/α,β-unsaturated/α-hetero) is 1. The van der Waals surface area contributed by atoms with Crippen LogP contribution >= 0.6 is 0 Å². The Labute approximate surface area is 156 Å². The molecule has 0 fully saturated rings. The van der Waals surface area contributed by atoms with Crippen LogP contribution in [0.25, 0.3) is 0 Å². The minimum Gasteiger partial charge on any atom is -0.457 e. The second-order valence-electron chi connectivity index (χ2n) is 6.91. The van der Waals surface area contributed by atoms with E-state index in [1.54, 1.807) is 20.8 Å². The quantitative estimate of drug-likeness (QED) is 0.492. The molecule has 0 saturated heterocycles. The standard InChI is InChI=1S/C20H19FN2O4/c1-6-12-9-13(7-8-15(12)21)22-18(25)14-10-16(27-11(14)2)17(24)19(26)23-20(3,4)5/h1,7-10H,2-5H3,(H,22,25)(H,23,26). The molecular weight excluding hydrogens is 351 g/mol. The van der Waals surface area contributed by atoms with Gasteiger partial charge in [-0.25, -0.2) is 4.39 Å². The molecule has 0 aliphatic rings. The van der Waals surface area contributed by atoms with E-state index in [0.717, 1.165) is 6.07 Å². The first-order valence-electron chi connectivity index (χ1n) is 8.06. The van der Waals surface area contributed by atoms with Crippen molar-refractivity contribution in [1.29, 1.82) is 0 Å². The zero-order chi connectivity index (χ0) is 20.4. The Morgan fingerprint density at radius 2 is 1.85 bits per heavy atom. The molecule has 0 bridgehead atoms. The molecule has 0 aliphatic carbocycles. The first kappa shape index (κ1) is 19.9. The molecule has 1 aromatic carbocycles. The van der Waals surface area contributed by atoms with E-state index in [-0.39, 0.29) is 28.3 Å². The molecule has 1 aromatic heterocycles. The second kappa shape index (κ2) is 7.46. The van der Waals surface area contributed by atoms with Gasteiger partial charge in [0.05, 0.1) is 11.1 Å². The van der Waals surface area contributed by atoms with Crippen molar-refractivity contribution in [3.8, 4) is 12.3 Å². The fourth-order valence-corrected chi connectivity index (χ4v) is 2.24. The van der Waals surface area contributed by atoms with Gasteiger partial charge in [-0.3, -0.25) is 14.4 Å². The van der Waals surface area contributed by atoms with Crippen molar-refractivity contribution in [3.63, 3.8) is 0 Å². The Morgan fingerprint density at radius 3 is 2.44 bits per heavy atom. The lowest BCUT2D eigenvalue weighted by Gasteiger charge is -2.19.